The average molecular weight is 338 g/mol. The number of hydrogen-bond acceptors (Lipinski definition) is 3. The molecule has 2 N–H and O–H groups in total. The summed E-state index contributed by atoms with van der Waals surface area (Å²) in [7, 11) is 0. The number of carboxylic acid groups (broad SMARTS) is 1. The van der Waals surface area contributed by atoms with Crippen LogP contribution in [0.15, 0.2) is 45.3 Å². The quantitative estimate of drug-likeness (QED) is 0.860. The van der Waals surface area contributed by atoms with Gasteiger partial charge in [-0.25, -0.2) is 4.79 Å². The van der Waals surface area contributed by atoms with Crippen LogP contribution in [0.3, 0.4) is 0 Å². The van der Waals surface area contributed by atoms with Gasteiger partial charge < -0.3 is 14.8 Å². The molecule has 0 fully saturated rings. The molecule has 106 valence electrons. The van der Waals surface area contributed by atoms with Crippen molar-refractivity contribution in [3.05, 3.63) is 58.0 Å². The van der Waals surface area contributed by atoms with Crippen LogP contribution in [0, 0.1) is 0 Å². The van der Waals surface area contributed by atoms with Crippen molar-refractivity contribution < 1.29 is 14.3 Å². The Hall–Kier alpha value is -1.59. The molecule has 1 unspecified atom stereocenters. The van der Waals surface area contributed by atoms with Crippen LogP contribution in [0.1, 0.15) is 47.8 Å². The summed E-state index contributed by atoms with van der Waals surface area (Å²) in [5, 5.41) is 12.2. The van der Waals surface area contributed by atoms with Crippen LogP contribution >= 0.6 is 15.9 Å². The van der Waals surface area contributed by atoms with Crippen LogP contribution in [0.5, 0.6) is 0 Å². The van der Waals surface area contributed by atoms with Crippen molar-refractivity contribution in [2.45, 2.75) is 25.9 Å². The molecule has 0 radical (unpaired) electrons. The zero-order valence-electron chi connectivity index (χ0n) is 11.3. The number of halogens is 1. The molecule has 5 heteroatoms. The monoisotopic (exact) mass is 337 g/mol. The van der Waals surface area contributed by atoms with Gasteiger partial charge in [-0.1, -0.05) is 34.1 Å². The molecular weight excluding hydrogens is 322 g/mol. The van der Waals surface area contributed by atoms with Crippen LogP contribution in [-0.2, 0) is 0 Å². The van der Waals surface area contributed by atoms with Gasteiger partial charge in [0.1, 0.15) is 5.76 Å². The molecule has 0 aliphatic rings. The Kier molecular flexibility index (Phi) is 4.62. The highest BCUT2D eigenvalue weighted by atomic mass is 79.9. The van der Waals surface area contributed by atoms with Gasteiger partial charge in [0.2, 0.25) is 5.76 Å². The average Bonchev–Trinajstić information content (AvgIpc) is 2.88. The zero-order chi connectivity index (χ0) is 14.7. The summed E-state index contributed by atoms with van der Waals surface area (Å²) in [6.07, 6.45) is 0. The number of nitrogens with one attached hydrogen (secondary N) is 1. The predicted octanol–water partition coefficient (Wildman–Crippen LogP) is 4.15. The fourth-order valence-corrected chi connectivity index (χ4v) is 2.70. The molecule has 2 aromatic rings. The zero-order valence-corrected chi connectivity index (χ0v) is 12.8. The van der Waals surface area contributed by atoms with E-state index in [1.165, 1.54) is 6.07 Å². The normalized spacial score (nSPS) is 13.9. The van der Waals surface area contributed by atoms with Crippen molar-refractivity contribution in [3.8, 4) is 0 Å². The van der Waals surface area contributed by atoms with E-state index in [2.05, 4.69) is 28.2 Å². The second kappa shape index (κ2) is 6.24. The van der Waals surface area contributed by atoms with Gasteiger partial charge in [-0.2, -0.15) is 0 Å². The molecule has 0 saturated heterocycles. The molecule has 0 aliphatic heterocycles. The van der Waals surface area contributed by atoms with Gasteiger partial charge in [0.25, 0.3) is 0 Å². The Morgan fingerprint density at radius 3 is 2.50 bits per heavy atom. The first-order valence-electron chi connectivity index (χ1n) is 6.32. The molecule has 1 heterocycles. The van der Waals surface area contributed by atoms with E-state index in [0.717, 1.165) is 10.0 Å². The molecule has 1 aromatic carbocycles. The highest BCUT2D eigenvalue weighted by molar-refractivity contribution is 9.10. The Morgan fingerprint density at radius 1 is 1.20 bits per heavy atom. The molecule has 2 atom stereocenters. The van der Waals surface area contributed by atoms with Crippen molar-refractivity contribution in [1.82, 2.24) is 5.32 Å². The number of carboxylic acids is 1. The molecule has 0 saturated carbocycles. The van der Waals surface area contributed by atoms with Crippen LogP contribution < -0.4 is 5.32 Å². The third kappa shape index (κ3) is 3.29. The highest BCUT2D eigenvalue weighted by Gasteiger charge is 2.17. The second-order valence-electron chi connectivity index (χ2n) is 4.64. The third-order valence-electron chi connectivity index (χ3n) is 3.14. The van der Waals surface area contributed by atoms with Crippen LogP contribution in [0.2, 0.25) is 0 Å². The molecule has 0 amide bonds. The van der Waals surface area contributed by atoms with Gasteiger partial charge in [-0.3, -0.25) is 0 Å². The fraction of sp³-hybridized carbons (Fsp3) is 0.267. The number of hydrogen-bond donors (Lipinski definition) is 2. The molecule has 0 bridgehead atoms. The lowest BCUT2D eigenvalue weighted by Gasteiger charge is -2.20. The van der Waals surface area contributed by atoms with Crippen molar-refractivity contribution >= 4 is 21.9 Å². The maximum atomic E-state index is 10.8. The van der Waals surface area contributed by atoms with E-state index in [-0.39, 0.29) is 17.8 Å². The fourth-order valence-electron chi connectivity index (χ4n) is 2.07. The van der Waals surface area contributed by atoms with Gasteiger partial charge in [0.15, 0.2) is 0 Å². The Morgan fingerprint density at radius 2 is 1.90 bits per heavy atom. The summed E-state index contributed by atoms with van der Waals surface area (Å²) in [5.41, 5.74) is 1.14. The lowest BCUT2D eigenvalue weighted by atomic mass is 10.1. The maximum Gasteiger partial charge on any atom is 0.371 e. The summed E-state index contributed by atoms with van der Waals surface area (Å²) >= 11 is 3.53. The number of aromatic carboxylic acids is 1. The lowest BCUT2D eigenvalue weighted by Crippen LogP contribution is -2.22. The minimum absolute atomic E-state index is 0.0396. The largest absolute Gasteiger partial charge is 0.475 e. The summed E-state index contributed by atoms with van der Waals surface area (Å²) < 4.78 is 6.34. The minimum Gasteiger partial charge on any atom is -0.475 e. The van der Waals surface area contributed by atoms with Crippen molar-refractivity contribution in [2.75, 3.05) is 0 Å². The first kappa shape index (κ1) is 14.8. The molecule has 0 spiro atoms. The van der Waals surface area contributed by atoms with Gasteiger partial charge in [-0.15, -0.1) is 0 Å². The summed E-state index contributed by atoms with van der Waals surface area (Å²) in [5.74, 6) is -0.481. The molecule has 4 nitrogen and oxygen atoms in total. The molecular formula is C15H16BrNO3. The van der Waals surface area contributed by atoms with Crippen LogP contribution in [-0.4, -0.2) is 11.1 Å². The SMILES string of the molecule is CC(N[C@@H](C)c1ccccc1Br)c1ccc(C(=O)O)o1. The third-order valence-corrected chi connectivity index (χ3v) is 3.86. The van der Waals surface area contributed by atoms with E-state index in [1.807, 2.05) is 31.2 Å². The maximum absolute atomic E-state index is 10.8. The standard InChI is InChI=1S/C15H16BrNO3/c1-9(11-5-3-4-6-12(11)16)17-10(2)13-7-8-14(20-13)15(18)19/h3-10,17H,1-2H3,(H,18,19)/t9-,10?/m0/s1. The first-order valence-corrected chi connectivity index (χ1v) is 7.12. The van der Waals surface area contributed by atoms with E-state index < -0.39 is 5.97 Å². The number of furan rings is 1. The number of rotatable bonds is 5. The van der Waals surface area contributed by atoms with Crippen molar-refractivity contribution in [1.29, 1.82) is 0 Å². The highest BCUT2D eigenvalue weighted by Crippen LogP contribution is 2.26. The predicted molar refractivity (Wildman–Crippen MR) is 79.8 cm³/mol. The van der Waals surface area contributed by atoms with Gasteiger partial charge in [0, 0.05) is 10.5 Å². The van der Waals surface area contributed by atoms with E-state index in [0.29, 0.717) is 5.76 Å². The van der Waals surface area contributed by atoms with E-state index in [1.54, 1.807) is 6.07 Å². The number of benzene rings is 1. The molecule has 0 aliphatic carbocycles. The molecule has 1 aromatic heterocycles. The summed E-state index contributed by atoms with van der Waals surface area (Å²) in [6.45, 7) is 4.00. The van der Waals surface area contributed by atoms with Crippen LogP contribution in [0.25, 0.3) is 0 Å². The molecule has 2 rings (SSSR count). The Bertz CT molecular complexity index is 609. The smallest absolute Gasteiger partial charge is 0.371 e. The van der Waals surface area contributed by atoms with E-state index in [9.17, 15) is 4.79 Å². The van der Waals surface area contributed by atoms with Gasteiger partial charge >= 0.3 is 5.97 Å². The lowest BCUT2D eigenvalue weighted by molar-refractivity contribution is 0.0659. The topological polar surface area (TPSA) is 62.5 Å². The Balaban J connectivity index is 2.09. The van der Waals surface area contributed by atoms with Crippen LogP contribution in [0.4, 0.5) is 0 Å². The molecule has 20 heavy (non-hydrogen) atoms. The summed E-state index contributed by atoms with van der Waals surface area (Å²) in [6, 6.07) is 11.2. The van der Waals surface area contributed by atoms with Crippen molar-refractivity contribution in [2.24, 2.45) is 0 Å². The summed E-state index contributed by atoms with van der Waals surface area (Å²) in [4.78, 5) is 10.8. The van der Waals surface area contributed by atoms with Crippen molar-refractivity contribution in [3.63, 3.8) is 0 Å². The number of carbonyl (C=O) groups is 1. The Labute approximate surface area is 125 Å². The van der Waals surface area contributed by atoms with Gasteiger partial charge in [0.05, 0.1) is 6.04 Å². The first-order chi connectivity index (χ1) is 9.49. The van der Waals surface area contributed by atoms with E-state index >= 15 is 0 Å². The second-order valence-corrected chi connectivity index (χ2v) is 5.49. The van der Waals surface area contributed by atoms with E-state index in [4.69, 9.17) is 9.52 Å². The minimum atomic E-state index is -1.05. The van der Waals surface area contributed by atoms with Gasteiger partial charge in [-0.05, 0) is 37.6 Å².